The number of rotatable bonds is 3. The van der Waals surface area contributed by atoms with Crippen LogP contribution in [0.4, 0.5) is 18.9 Å². The van der Waals surface area contributed by atoms with Gasteiger partial charge >= 0.3 is 0 Å². The Morgan fingerprint density at radius 3 is 2.58 bits per heavy atom. The highest BCUT2D eigenvalue weighted by atomic mass is 19.2. The third-order valence-corrected chi connectivity index (χ3v) is 3.64. The van der Waals surface area contributed by atoms with E-state index in [1.54, 1.807) is 0 Å². The van der Waals surface area contributed by atoms with Gasteiger partial charge < -0.3 is 10.2 Å². The summed E-state index contributed by atoms with van der Waals surface area (Å²) in [5.74, 6) is -2.91. The maximum atomic E-state index is 13.6. The van der Waals surface area contributed by atoms with Crippen LogP contribution in [-0.2, 0) is 0 Å². The molecule has 1 saturated heterocycles. The minimum atomic E-state index is -1.15. The summed E-state index contributed by atoms with van der Waals surface area (Å²) in [4.78, 5) is 2.34. The summed E-state index contributed by atoms with van der Waals surface area (Å²) in [5, 5.41) is 2.99. The first-order valence-corrected chi connectivity index (χ1v) is 6.73. The summed E-state index contributed by atoms with van der Waals surface area (Å²) in [6, 6.07) is 1.59. The standard InChI is InChI=1S/C14H19F3N2/c1-2-19-6-3-4-10(5-7-19)18-14-9-12(16)11(15)8-13(14)17/h8-10,18H,2-7H2,1H3. The molecule has 0 spiro atoms. The second kappa shape index (κ2) is 6.28. The Kier molecular flexibility index (Phi) is 4.69. The summed E-state index contributed by atoms with van der Waals surface area (Å²) >= 11 is 0. The van der Waals surface area contributed by atoms with Gasteiger partial charge in [-0.05, 0) is 32.4 Å². The topological polar surface area (TPSA) is 15.3 Å². The fourth-order valence-corrected chi connectivity index (χ4v) is 2.47. The predicted octanol–water partition coefficient (Wildman–Crippen LogP) is 3.39. The molecule has 106 valence electrons. The third kappa shape index (κ3) is 3.62. The van der Waals surface area contributed by atoms with Gasteiger partial charge in [-0.15, -0.1) is 0 Å². The van der Waals surface area contributed by atoms with Crippen molar-refractivity contribution in [2.24, 2.45) is 0 Å². The van der Waals surface area contributed by atoms with Crippen molar-refractivity contribution in [3.8, 4) is 0 Å². The minimum Gasteiger partial charge on any atom is -0.380 e. The SMILES string of the molecule is CCN1CCCC(Nc2cc(F)c(F)cc2F)CC1. The lowest BCUT2D eigenvalue weighted by Gasteiger charge is -2.19. The van der Waals surface area contributed by atoms with Gasteiger partial charge in [0.2, 0.25) is 0 Å². The van der Waals surface area contributed by atoms with Crippen LogP contribution in [-0.4, -0.2) is 30.6 Å². The molecule has 5 heteroatoms. The highest BCUT2D eigenvalue weighted by molar-refractivity contribution is 5.46. The zero-order valence-corrected chi connectivity index (χ0v) is 11.1. The van der Waals surface area contributed by atoms with Crippen molar-refractivity contribution in [3.05, 3.63) is 29.6 Å². The van der Waals surface area contributed by atoms with E-state index in [2.05, 4.69) is 17.1 Å². The molecule has 1 heterocycles. The van der Waals surface area contributed by atoms with Crippen molar-refractivity contribution in [1.82, 2.24) is 4.90 Å². The van der Waals surface area contributed by atoms with Crippen molar-refractivity contribution in [1.29, 1.82) is 0 Å². The van der Waals surface area contributed by atoms with Gasteiger partial charge in [-0.1, -0.05) is 6.92 Å². The lowest BCUT2D eigenvalue weighted by atomic mass is 10.1. The number of hydrogen-bond donors (Lipinski definition) is 1. The maximum absolute atomic E-state index is 13.6. The molecule has 0 radical (unpaired) electrons. The lowest BCUT2D eigenvalue weighted by Crippen LogP contribution is -2.26. The number of benzene rings is 1. The smallest absolute Gasteiger partial charge is 0.161 e. The largest absolute Gasteiger partial charge is 0.380 e. The fourth-order valence-electron chi connectivity index (χ4n) is 2.47. The maximum Gasteiger partial charge on any atom is 0.161 e. The minimum absolute atomic E-state index is 0.0499. The second-order valence-corrected chi connectivity index (χ2v) is 4.95. The van der Waals surface area contributed by atoms with Crippen LogP contribution < -0.4 is 5.32 Å². The summed E-state index contributed by atoms with van der Waals surface area (Å²) in [5.41, 5.74) is 0.0499. The number of hydrogen-bond acceptors (Lipinski definition) is 2. The summed E-state index contributed by atoms with van der Waals surface area (Å²) in [6.07, 6.45) is 2.82. The van der Waals surface area contributed by atoms with Crippen molar-refractivity contribution in [2.45, 2.75) is 32.2 Å². The molecule has 0 aromatic heterocycles. The Balaban J connectivity index is 2.03. The van der Waals surface area contributed by atoms with E-state index in [9.17, 15) is 13.2 Å². The Bertz CT molecular complexity index is 437. The first-order valence-electron chi connectivity index (χ1n) is 6.73. The molecule has 1 aliphatic rings. The zero-order valence-electron chi connectivity index (χ0n) is 11.1. The second-order valence-electron chi connectivity index (χ2n) is 4.95. The average Bonchev–Trinajstić information content (AvgIpc) is 2.61. The van der Waals surface area contributed by atoms with E-state index in [4.69, 9.17) is 0 Å². The molecule has 1 aromatic carbocycles. The Morgan fingerprint density at radius 1 is 1.11 bits per heavy atom. The molecule has 2 rings (SSSR count). The lowest BCUT2D eigenvalue weighted by molar-refractivity contribution is 0.300. The van der Waals surface area contributed by atoms with E-state index in [0.29, 0.717) is 6.07 Å². The van der Waals surface area contributed by atoms with Crippen LogP contribution in [0.2, 0.25) is 0 Å². The molecule has 2 nitrogen and oxygen atoms in total. The molecule has 1 atom stereocenters. The van der Waals surface area contributed by atoms with Crippen molar-refractivity contribution < 1.29 is 13.2 Å². The fraction of sp³-hybridized carbons (Fsp3) is 0.571. The van der Waals surface area contributed by atoms with E-state index < -0.39 is 17.5 Å². The Hall–Kier alpha value is -1.23. The summed E-state index contributed by atoms with van der Waals surface area (Å²) in [7, 11) is 0. The van der Waals surface area contributed by atoms with Gasteiger partial charge in [-0.25, -0.2) is 13.2 Å². The highest BCUT2D eigenvalue weighted by Gasteiger charge is 2.18. The summed E-state index contributed by atoms with van der Waals surface area (Å²) < 4.78 is 39.5. The van der Waals surface area contributed by atoms with Crippen molar-refractivity contribution in [3.63, 3.8) is 0 Å². The predicted molar refractivity (Wildman–Crippen MR) is 69.7 cm³/mol. The van der Waals surface area contributed by atoms with Crippen molar-refractivity contribution >= 4 is 5.69 Å². The number of nitrogens with zero attached hydrogens (tertiary/aromatic N) is 1. The van der Waals surface area contributed by atoms with Gasteiger partial charge in [0.25, 0.3) is 0 Å². The van der Waals surface area contributed by atoms with Crippen LogP contribution >= 0.6 is 0 Å². The highest BCUT2D eigenvalue weighted by Crippen LogP contribution is 2.22. The van der Waals surface area contributed by atoms with Crippen LogP contribution in [0.25, 0.3) is 0 Å². The normalized spacial score (nSPS) is 21.2. The molecule has 1 N–H and O–H groups in total. The van der Waals surface area contributed by atoms with Gasteiger partial charge in [-0.2, -0.15) is 0 Å². The van der Waals surface area contributed by atoms with Gasteiger partial charge in [0.1, 0.15) is 5.82 Å². The monoisotopic (exact) mass is 272 g/mol. The molecule has 19 heavy (non-hydrogen) atoms. The van der Waals surface area contributed by atoms with Crippen LogP contribution in [0.15, 0.2) is 12.1 Å². The van der Waals surface area contributed by atoms with Crippen LogP contribution in [0.5, 0.6) is 0 Å². The van der Waals surface area contributed by atoms with E-state index >= 15 is 0 Å². The van der Waals surface area contributed by atoms with Gasteiger partial charge in [0.05, 0.1) is 5.69 Å². The molecule has 0 amide bonds. The van der Waals surface area contributed by atoms with Crippen molar-refractivity contribution in [2.75, 3.05) is 25.0 Å². The van der Waals surface area contributed by atoms with Crippen LogP contribution in [0.3, 0.4) is 0 Å². The number of nitrogens with one attached hydrogen (secondary N) is 1. The van der Waals surface area contributed by atoms with E-state index in [1.807, 2.05) is 0 Å². The first kappa shape index (κ1) is 14.2. The molecular weight excluding hydrogens is 253 g/mol. The molecule has 1 unspecified atom stereocenters. The summed E-state index contributed by atoms with van der Waals surface area (Å²) in [6.45, 7) is 5.10. The quantitative estimate of drug-likeness (QED) is 0.848. The van der Waals surface area contributed by atoms with E-state index in [-0.39, 0.29) is 11.7 Å². The molecule has 1 aromatic rings. The number of halogens is 3. The molecule has 0 saturated carbocycles. The first-order chi connectivity index (χ1) is 9.10. The Morgan fingerprint density at radius 2 is 1.84 bits per heavy atom. The number of anilines is 1. The molecular formula is C14H19F3N2. The van der Waals surface area contributed by atoms with E-state index in [0.717, 1.165) is 45.0 Å². The Labute approximate surface area is 111 Å². The van der Waals surface area contributed by atoms with Gasteiger partial charge in [0.15, 0.2) is 11.6 Å². The molecule has 0 bridgehead atoms. The number of likely N-dealkylation sites (tertiary alicyclic amines) is 1. The molecule has 1 fully saturated rings. The van der Waals surface area contributed by atoms with Crippen LogP contribution in [0.1, 0.15) is 26.2 Å². The van der Waals surface area contributed by atoms with E-state index in [1.165, 1.54) is 0 Å². The zero-order chi connectivity index (χ0) is 13.8. The average molecular weight is 272 g/mol. The van der Waals surface area contributed by atoms with Crippen LogP contribution in [0, 0.1) is 17.5 Å². The third-order valence-electron chi connectivity index (χ3n) is 3.64. The molecule has 1 aliphatic heterocycles. The van der Waals surface area contributed by atoms with Gasteiger partial charge in [-0.3, -0.25) is 0 Å². The molecule has 0 aliphatic carbocycles. The van der Waals surface area contributed by atoms with Gasteiger partial charge in [0, 0.05) is 24.7 Å².